The van der Waals surface area contributed by atoms with E-state index in [1.807, 2.05) is 19.3 Å². The highest BCUT2D eigenvalue weighted by Crippen LogP contribution is 2.37. The van der Waals surface area contributed by atoms with Crippen LogP contribution in [0.1, 0.15) is 66.1 Å². The van der Waals surface area contributed by atoms with Gasteiger partial charge in [-0.25, -0.2) is 12.7 Å². The molecule has 35 heavy (non-hydrogen) atoms. The summed E-state index contributed by atoms with van der Waals surface area (Å²) in [5, 5.41) is 4.22. The number of hydrogen-bond acceptors (Lipinski definition) is 4. The Morgan fingerprint density at radius 2 is 1.77 bits per heavy atom. The monoisotopic (exact) mass is 496 g/mol. The first-order valence-electron chi connectivity index (χ1n) is 12.5. The van der Waals surface area contributed by atoms with Gasteiger partial charge in [-0.3, -0.25) is 4.79 Å². The van der Waals surface area contributed by atoms with Gasteiger partial charge in [0.15, 0.2) is 0 Å². The van der Waals surface area contributed by atoms with Gasteiger partial charge < -0.3 is 16.0 Å². The zero-order valence-electron chi connectivity index (χ0n) is 20.9. The number of aromatic nitrogens is 1. The maximum Gasteiger partial charge on any atom is 0.250 e. The third-order valence-corrected chi connectivity index (χ3v) is 8.93. The number of carbonyl (C=O) groups excluding carboxylic acids is 1. The van der Waals surface area contributed by atoms with Crippen LogP contribution >= 0.6 is 0 Å². The molecule has 188 valence electrons. The largest absolute Gasteiger partial charge is 0.366 e. The van der Waals surface area contributed by atoms with Crippen molar-refractivity contribution >= 4 is 26.8 Å². The number of nitrogens with one attached hydrogen (secondary N) is 2. The number of piperidine rings is 1. The van der Waals surface area contributed by atoms with E-state index in [2.05, 4.69) is 41.5 Å². The highest BCUT2D eigenvalue weighted by atomic mass is 32.2. The second-order valence-electron chi connectivity index (χ2n) is 9.45. The van der Waals surface area contributed by atoms with Crippen molar-refractivity contribution in [3.05, 3.63) is 58.8 Å². The number of primary amides is 1. The van der Waals surface area contributed by atoms with Gasteiger partial charge in [-0.05, 0) is 85.2 Å². The lowest BCUT2D eigenvalue weighted by Crippen LogP contribution is -2.38. The van der Waals surface area contributed by atoms with Gasteiger partial charge in [0.1, 0.15) is 0 Å². The molecule has 1 aliphatic heterocycles. The molecule has 8 heteroatoms. The number of fused-ring (bicyclic) bond motifs is 1. The lowest BCUT2D eigenvalue weighted by atomic mass is 9.88. The Bertz CT molecular complexity index is 1300. The van der Waals surface area contributed by atoms with Crippen LogP contribution in [0, 0.1) is 0 Å². The van der Waals surface area contributed by atoms with Crippen LogP contribution in [-0.4, -0.2) is 49.5 Å². The van der Waals surface area contributed by atoms with Gasteiger partial charge in [-0.2, -0.15) is 0 Å². The van der Waals surface area contributed by atoms with Gasteiger partial charge in [0, 0.05) is 31.2 Å². The SMILES string of the molecule is CCCc1cc(CNC)cc(-c2cc(C(N)=O)c3[nH]cc(C4CCN(S(=O)(=O)CC)CC4)c3c2)c1. The average Bonchev–Trinajstić information content (AvgIpc) is 3.27. The van der Waals surface area contributed by atoms with E-state index >= 15 is 0 Å². The van der Waals surface area contributed by atoms with Crippen LogP contribution < -0.4 is 11.1 Å². The molecule has 0 aliphatic carbocycles. The molecule has 0 bridgehead atoms. The second-order valence-corrected chi connectivity index (χ2v) is 11.7. The van der Waals surface area contributed by atoms with Crippen molar-refractivity contribution in [3.63, 3.8) is 0 Å². The first kappa shape index (κ1) is 25.4. The third-order valence-electron chi connectivity index (χ3n) is 7.04. The Hall–Kier alpha value is -2.68. The maximum absolute atomic E-state index is 12.4. The lowest BCUT2D eigenvalue weighted by molar-refractivity contribution is 0.100. The van der Waals surface area contributed by atoms with E-state index in [0.29, 0.717) is 18.7 Å². The number of sulfonamides is 1. The fraction of sp³-hybridized carbons (Fsp3) is 0.444. The fourth-order valence-electron chi connectivity index (χ4n) is 5.25. The van der Waals surface area contributed by atoms with Crippen LogP contribution in [0.5, 0.6) is 0 Å². The maximum atomic E-state index is 12.4. The molecule has 0 spiro atoms. The van der Waals surface area contributed by atoms with Crippen LogP contribution in [0.3, 0.4) is 0 Å². The molecule has 2 heterocycles. The van der Waals surface area contributed by atoms with Crippen molar-refractivity contribution in [1.82, 2.24) is 14.6 Å². The third kappa shape index (κ3) is 5.29. The predicted molar refractivity (Wildman–Crippen MR) is 142 cm³/mol. The molecule has 1 aliphatic rings. The Morgan fingerprint density at radius 1 is 1.09 bits per heavy atom. The highest BCUT2D eigenvalue weighted by Gasteiger charge is 2.29. The molecule has 1 saturated heterocycles. The molecule has 0 radical (unpaired) electrons. The van der Waals surface area contributed by atoms with Crippen LogP contribution in [0.25, 0.3) is 22.0 Å². The van der Waals surface area contributed by atoms with E-state index in [9.17, 15) is 13.2 Å². The minimum Gasteiger partial charge on any atom is -0.366 e. The number of amides is 1. The topological polar surface area (TPSA) is 108 Å². The normalized spacial score (nSPS) is 15.6. The van der Waals surface area contributed by atoms with Crippen molar-refractivity contribution in [2.75, 3.05) is 25.9 Å². The number of aromatic amines is 1. The molecule has 1 amide bonds. The molecule has 0 unspecified atom stereocenters. The molecule has 1 fully saturated rings. The number of nitrogens with two attached hydrogens (primary N) is 1. The smallest absolute Gasteiger partial charge is 0.250 e. The van der Waals surface area contributed by atoms with Crippen molar-refractivity contribution < 1.29 is 13.2 Å². The van der Waals surface area contributed by atoms with Gasteiger partial charge in [0.2, 0.25) is 10.0 Å². The minimum atomic E-state index is -3.18. The summed E-state index contributed by atoms with van der Waals surface area (Å²) in [6, 6.07) is 10.6. The standard InChI is InChI=1S/C27H36N4O3S/c1-4-6-18-11-19(16-29-3)13-21(12-18)22-14-23-25(17-30-26(23)24(15-22)27(28)32)20-7-9-31(10-8-20)35(33,34)5-2/h11-15,17,20,29-30H,4-10,16H2,1-3H3,(H2,28,32). The molecule has 4 rings (SSSR count). The molecule has 1 aromatic heterocycles. The van der Waals surface area contributed by atoms with Gasteiger partial charge >= 0.3 is 0 Å². The Kier molecular flexibility index (Phi) is 7.64. The summed E-state index contributed by atoms with van der Waals surface area (Å²) in [4.78, 5) is 15.7. The minimum absolute atomic E-state index is 0.128. The van der Waals surface area contributed by atoms with Gasteiger partial charge in [-0.15, -0.1) is 0 Å². The van der Waals surface area contributed by atoms with E-state index in [1.54, 1.807) is 11.2 Å². The summed E-state index contributed by atoms with van der Waals surface area (Å²) in [6.07, 6.45) is 5.52. The molecule has 3 aromatic rings. The number of rotatable bonds is 9. The molecule has 2 aromatic carbocycles. The van der Waals surface area contributed by atoms with Crippen LogP contribution in [0.2, 0.25) is 0 Å². The summed E-state index contributed by atoms with van der Waals surface area (Å²) in [5.41, 5.74) is 12.7. The predicted octanol–water partition coefficient (Wildman–Crippen LogP) is 4.13. The van der Waals surface area contributed by atoms with Gasteiger partial charge in [0.25, 0.3) is 5.91 Å². The van der Waals surface area contributed by atoms with Crippen LogP contribution in [-0.2, 0) is 23.0 Å². The summed E-state index contributed by atoms with van der Waals surface area (Å²) < 4.78 is 26.2. The number of hydrogen-bond donors (Lipinski definition) is 3. The number of carbonyl (C=O) groups is 1. The summed E-state index contributed by atoms with van der Waals surface area (Å²) in [5.74, 6) is -0.119. The van der Waals surface area contributed by atoms with E-state index in [-0.39, 0.29) is 11.7 Å². The number of aryl methyl sites for hydroxylation is 1. The van der Waals surface area contributed by atoms with E-state index < -0.39 is 15.9 Å². The van der Waals surface area contributed by atoms with Crippen molar-refractivity contribution in [2.24, 2.45) is 5.73 Å². The van der Waals surface area contributed by atoms with E-state index in [4.69, 9.17) is 5.73 Å². The lowest BCUT2D eigenvalue weighted by Gasteiger charge is -2.31. The van der Waals surface area contributed by atoms with Crippen molar-refractivity contribution in [2.45, 2.75) is 52.0 Å². The molecule has 7 nitrogen and oxygen atoms in total. The Morgan fingerprint density at radius 3 is 2.40 bits per heavy atom. The Balaban J connectivity index is 1.77. The average molecular weight is 497 g/mol. The fourth-order valence-corrected chi connectivity index (χ4v) is 6.38. The Labute approximate surface area is 208 Å². The van der Waals surface area contributed by atoms with Gasteiger partial charge in [-0.1, -0.05) is 25.5 Å². The molecule has 0 atom stereocenters. The quantitative estimate of drug-likeness (QED) is 0.414. The highest BCUT2D eigenvalue weighted by molar-refractivity contribution is 7.89. The number of H-pyrrole nitrogens is 1. The van der Waals surface area contributed by atoms with Gasteiger partial charge in [0.05, 0.1) is 16.8 Å². The van der Waals surface area contributed by atoms with E-state index in [1.165, 1.54) is 11.1 Å². The second kappa shape index (κ2) is 10.5. The first-order valence-corrected chi connectivity index (χ1v) is 14.1. The zero-order valence-corrected chi connectivity index (χ0v) is 21.7. The van der Waals surface area contributed by atoms with Crippen LogP contribution in [0.4, 0.5) is 0 Å². The number of nitrogens with zero attached hydrogens (tertiary/aromatic N) is 1. The molecule has 4 N–H and O–H groups in total. The zero-order chi connectivity index (χ0) is 25.2. The van der Waals surface area contributed by atoms with Crippen molar-refractivity contribution in [1.29, 1.82) is 0 Å². The summed E-state index contributed by atoms with van der Waals surface area (Å²) >= 11 is 0. The molecular weight excluding hydrogens is 460 g/mol. The first-order chi connectivity index (χ1) is 16.8. The summed E-state index contributed by atoms with van der Waals surface area (Å²) in [7, 11) is -1.24. The molecular formula is C27H36N4O3S. The number of benzene rings is 2. The molecule has 0 saturated carbocycles. The van der Waals surface area contributed by atoms with Crippen LogP contribution in [0.15, 0.2) is 36.5 Å². The summed E-state index contributed by atoms with van der Waals surface area (Å²) in [6.45, 7) is 5.66. The van der Waals surface area contributed by atoms with E-state index in [0.717, 1.165) is 59.8 Å². The van der Waals surface area contributed by atoms with Crippen molar-refractivity contribution in [3.8, 4) is 11.1 Å².